The van der Waals surface area contributed by atoms with Crippen molar-refractivity contribution in [2.24, 2.45) is 4.99 Å². The number of hydrogen-bond acceptors (Lipinski definition) is 5. The van der Waals surface area contributed by atoms with Crippen molar-refractivity contribution >= 4 is 5.96 Å². The molecule has 27 heavy (non-hydrogen) atoms. The highest BCUT2D eigenvalue weighted by Crippen LogP contribution is 2.24. The van der Waals surface area contributed by atoms with Crippen molar-refractivity contribution in [1.29, 1.82) is 0 Å². The van der Waals surface area contributed by atoms with Gasteiger partial charge in [-0.25, -0.2) is 0 Å². The molecule has 0 aromatic carbocycles. The summed E-state index contributed by atoms with van der Waals surface area (Å²) in [5.41, 5.74) is 0. The zero-order valence-corrected chi connectivity index (χ0v) is 17.2. The molecule has 0 bridgehead atoms. The summed E-state index contributed by atoms with van der Waals surface area (Å²) in [5, 5.41) is 6.90. The Bertz CT molecular complexity index is 514. The molecule has 0 amide bonds. The van der Waals surface area contributed by atoms with Gasteiger partial charge in [0.2, 0.25) is 0 Å². The molecule has 1 unspecified atom stereocenters. The Labute approximate surface area is 164 Å². The molecule has 1 aliphatic rings. The second-order valence-corrected chi connectivity index (χ2v) is 7.16. The van der Waals surface area contributed by atoms with E-state index in [9.17, 15) is 0 Å². The number of ether oxygens (including phenoxy) is 1. The number of rotatable bonds is 11. The number of likely N-dealkylation sites (tertiary alicyclic amines) is 1. The molecule has 1 aromatic heterocycles. The molecular formula is C20H37N5O2. The van der Waals surface area contributed by atoms with Crippen LogP contribution in [0.1, 0.15) is 37.5 Å². The fourth-order valence-electron chi connectivity index (χ4n) is 3.45. The van der Waals surface area contributed by atoms with Gasteiger partial charge in [-0.2, -0.15) is 0 Å². The first kappa shape index (κ1) is 21.7. The predicted octanol–water partition coefficient (Wildman–Crippen LogP) is 1.94. The minimum absolute atomic E-state index is 0.249. The van der Waals surface area contributed by atoms with Gasteiger partial charge in [-0.05, 0) is 58.1 Å². The monoisotopic (exact) mass is 379 g/mol. The molecule has 1 saturated heterocycles. The van der Waals surface area contributed by atoms with Gasteiger partial charge >= 0.3 is 0 Å². The van der Waals surface area contributed by atoms with Crippen molar-refractivity contribution < 1.29 is 9.15 Å². The van der Waals surface area contributed by atoms with Crippen molar-refractivity contribution in [3.8, 4) is 0 Å². The lowest BCUT2D eigenvalue weighted by Crippen LogP contribution is -2.44. The van der Waals surface area contributed by atoms with Gasteiger partial charge in [0, 0.05) is 33.8 Å². The minimum Gasteiger partial charge on any atom is -0.468 e. The molecule has 1 atom stereocenters. The van der Waals surface area contributed by atoms with Gasteiger partial charge in [0.05, 0.1) is 18.9 Å². The maximum atomic E-state index is 5.71. The lowest BCUT2D eigenvalue weighted by molar-refractivity contribution is 0.146. The average molecular weight is 380 g/mol. The first-order valence-corrected chi connectivity index (χ1v) is 10.1. The van der Waals surface area contributed by atoms with E-state index in [1.807, 2.05) is 13.1 Å². The van der Waals surface area contributed by atoms with Gasteiger partial charge in [-0.1, -0.05) is 6.42 Å². The van der Waals surface area contributed by atoms with Crippen molar-refractivity contribution in [3.63, 3.8) is 0 Å². The van der Waals surface area contributed by atoms with E-state index in [1.165, 1.54) is 19.3 Å². The molecule has 154 valence electrons. The highest BCUT2D eigenvalue weighted by atomic mass is 16.5. The Morgan fingerprint density at radius 3 is 2.78 bits per heavy atom. The maximum absolute atomic E-state index is 5.71. The largest absolute Gasteiger partial charge is 0.468 e. The summed E-state index contributed by atoms with van der Waals surface area (Å²) < 4.78 is 10.8. The van der Waals surface area contributed by atoms with Crippen LogP contribution in [0.2, 0.25) is 0 Å². The molecule has 2 heterocycles. The number of nitrogens with one attached hydrogen (secondary N) is 2. The van der Waals surface area contributed by atoms with Crippen LogP contribution in [0, 0.1) is 0 Å². The summed E-state index contributed by atoms with van der Waals surface area (Å²) in [4.78, 5) is 9.17. The third-order valence-electron chi connectivity index (χ3n) is 5.08. The summed E-state index contributed by atoms with van der Waals surface area (Å²) in [6.45, 7) is 6.73. The smallest absolute Gasteiger partial charge is 0.191 e. The first-order chi connectivity index (χ1) is 13.2. The van der Waals surface area contributed by atoms with Crippen LogP contribution in [0.4, 0.5) is 0 Å². The van der Waals surface area contributed by atoms with E-state index in [0.29, 0.717) is 0 Å². The van der Waals surface area contributed by atoms with E-state index in [0.717, 1.165) is 64.0 Å². The average Bonchev–Trinajstić information content (AvgIpc) is 3.23. The second-order valence-electron chi connectivity index (χ2n) is 7.16. The predicted molar refractivity (Wildman–Crippen MR) is 110 cm³/mol. The highest BCUT2D eigenvalue weighted by molar-refractivity contribution is 5.79. The molecule has 1 aliphatic heterocycles. The first-order valence-electron chi connectivity index (χ1n) is 10.1. The lowest BCUT2D eigenvalue weighted by atomic mass is 10.1. The fourth-order valence-corrected chi connectivity index (χ4v) is 3.45. The second kappa shape index (κ2) is 12.8. The Balaban J connectivity index is 1.75. The number of guanidine groups is 1. The highest BCUT2D eigenvalue weighted by Gasteiger charge is 2.24. The van der Waals surface area contributed by atoms with Crippen LogP contribution < -0.4 is 10.6 Å². The van der Waals surface area contributed by atoms with Crippen molar-refractivity contribution in [1.82, 2.24) is 20.4 Å². The Hall–Kier alpha value is -1.57. The van der Waals surface area contributed by atoms with Gasteiger partial charge in [0.25, 0.3) is 0 Å². The minimum atomic E-state index is 0.249. The summed E-state index contributed by atoms with van der Waals surface area (Å²) in [7, 11) is 5.69. The Kier molecular flexibility index (Phi) is 10.3. The third-order valence-corrected chi connectivity index (χ3v) is 5.08. The van der Waals surface area contributed by atoms with E-state index in [1.54, 1.807) is 13.4 Å². The van der Waals surface area contributed by atoms with Crippen LogP contribution in [0.3, 0.4) is 0 Å². The van der Waals surface area contributed by atoms with E-state index in [-0.39, 0.29) is 6.04 Å². The molecule has 7 heteroatoms. The molecule has 0 spiro atoms. The normalized spacial score (nSPS) is 17.3. The molecule has 7 nitrogen and oxygen atoms in total. The molecule has 0 saturated carbocycles. The topological polar surface area (TPSA) is 65.3 Å². The van der Waals surface area contributed by atoms with E-state index >= 15 is 0 Å². The summed E-state index contributed by atoms with van der Waals surface area (Å²) in [6.07, 6.45) is 6.69. The van der Waals surface area contributed by atoms with Crippen molar-refractivity contribution in [2.75, 3.05) is 67.1 Å². The van der Waals surface area contributed by atoms with Crippen molar-refractivity contribution in [3.05, 3.63) is 24.2 Å². The molecule has 2 rings (SSSR count). The summed E-state index contributed by atoms with van der Waals surface area (Å²) >= 11 is 0. The van der Waals surface area contributed by atoms with E-state index in [2.05, 4.69) is 38.5 Å². The van der Waals surface area contributed by atoms with Crippen LogP contribution >= 0.6 is 0 Å². The lowest BCUT2D eigenvalue weighted by Gasteiger charge is -2.33. The van der Waals surface area contributed by atoms with Gasteiger partial charge in [-0.15, -0.1) is 0 Å². The van der Waals surface area contributed by atoms with Gasteiger partial charge in [0.1, 0.15) is 5.76 Å². The molecular weight excluding hydrogens is 342 g/mol. The van der Waals surface area contributed by atoms with Gasteiger partial charge < -0.3 is 24.7 Å². The Morgan fingerprint density at radius 2 is 2.11 bits per heavy atom. The molecule has 1 aromatic rings. The number of methoxy groups -OCH3 is 1. The van der Waals surface area contributed by atoms with Gasteiger partial charge in [0.15, 0.2) is 5.96 Å². The van der Waals surface area contributed by atoms with Crippen LogP contribution in [0.25, 0.3) is 0 Å². The number of nitrogens with zero attached hydrogens (tertiary/aromatic N) is 3. The van der Waals surface area contributed by atoms with Crippen molar-refractivity contribution in [2.45, 2.75) is 31.7 Å². The maximum Gasteiger partial charge on any atom is 0.191 e. The number of furan rings is 1. The summed E-state index contributed by atoms with van der Waals surface area (Å²) in [5.74, 6) is 1.88. The molecule has 2 N–H and O–H groups in total. The molecule has 1 fully saturated rings. The molecule has 0 radical (unpaired) electrons. The van der Waals surface area contributed by atoms with E-state index < -0.39 is 0 Å². The zero-order valence-electron chi connectivity index (χ0n) is 17.2. The summed E-state index contributed by atoms with van der Waals surface area (Å²) in [6, 6.07) is 4.30. The number of hydrogen-bond donors (Lipinski definition) is 2. The van der Waals surface area contributed by atoms with Crippen LogP contribution in [0.15, 0.2) is 27.8 Å². The quantitative estimate of drug-likeness (QED) is 0.348. The number of aliphatic imine (C=N–C) groups is 1. The SMILES string of the molecule is CN=C(NCCCN(C)CCOC)NCC(c1ccco1)N1CCCCC1. The van der Waals surface area contributed by atoms with Crippen LogP contribution in [-0.4, -0.2) is 82.8 Å². The number of piperidine rings is 1. The Morgan fingerprint density at radius 1 is 1.30 bits per heavy atom. The molecule has 0 aliphatic carbocycles. The van der Waals surface area contributed by atoms with Crippen LogP contribution in [0.5, 0.6) is 0 Å². The van der Waals surface area contributed by atoms with Gasteiger partial charge in [-0.3, -0.25) is 9.89 Å². The number of likely N-dealkylation sites (N-methyl/N-ethyl adjacent to an activating group) is 1. The van der Waals surface area contributed by atoms with E-state index in [4.69, 9.17) is 9.15 Å². The third kappa shape index (κ3) is 7.91. The fraction of sp³-hybridized carbons (Fsp3) is 0.750. The van der Waals surface area contributed by atoms with Crippen LogP contribution in [-0.2, 0) is 4.74 Å². The standard InChI is InChI=1S/C20H37N5O2/c1-21-20(22-10-8-11-24(2)14-16-26-3)23-17-18(19-9-7-15-27-19)25-12-5-4-6-13-25/h7,9,15,18H,4-6,8,10-14,16-17H2,1-3H3,(H2,21,22,23). The zero-order chi connectivity index (χ0) is 19.3.